The van der Waals surface area contributed by atoms with Crippen LogP contribution in [0.3, 0.4) is 0 Å². The molecule has 3 aromatic rings. The van der Waals surface area contributed by atoms with Crippen LogP contribution in [0.15, 0.2) is 59.7 Å². The van der Waals surface area contributed by atoms with Crippen molar-refractivity contribution in [1.29, 1.82) is 0 Å². The van der Waals surface area contributed by atoms with Crippen LogP contribution in [-0.2, 0) is 6.54 Å². The molecule has 1 saturated heterocycles. The second-order valence-corrected chi connectivity index (χ2v) is 7.09. The molecule has 6 nitrogen and oxygen atoms in total. The molecule has 1 aromatic carbocycles. The largest absolute Gasteiger partial charge is 0.497 e. The number of rotatable bonds is 5. The molecule has 0 aliphatic carbocycles. The van der Waals surface area contributed by atoms with Crippen LogP contribution in [0.4, 0.5) is 0 Å². The lowest BCUT2D eigenvalue weighted by Crippen LogP contribution is -2.34. The summed E-state index contributed by atoms with van der Waals surface area (Å²) in [5.74, 6) is 1.43. The Balaban J connectivity index is 1.62. The molecule has 1 aliphatic rings. The van der Waals surface area contributed by atoms with E-state index in [1.807, 2.05) is 24.3 Å². The van der Waals surface area contributed by atoms with Gasteiger partial charge in [0, 0.05) is 30.6 Å². The molecule has 144 valence electrons. The zero-order valence-electron chi connectivity index (χ0n) is 16.0. The van der Waals surface area contributed by atoms with Gasteiger partial charge in [0.15, 0.2) is 0 Å². The van der Waals surface area contributed by atoms with Gasteiger partial charge in [-0.2, -0.15) is 0 Å². The summed E-state index contributed by atoms with van der Waals surface area (Å²) < 4.78 is 5.25. The molecule has 0 spiro atoms. The Labute approximate surface area is 164 Å². The number of H-pyrrole nitrogens is 1. The first kappa shape index (κ1) is 18.4. The Hall–Kier alpha value is -2.99. The van der Waals surface area contributed by atoms with Gasteiger partial charge in [-0.25, -0.2) is 4.98 Å². The summed E-state index contributed by atoms with van der Waals surface area (Å²) >= 11 is 0. The molecule has 0 amide bonds. The predicted molar refractivity (Wildman–Crippen MR) is 108 cm³/mol. The van der Waals surface area contributed by atoms with E-state index in [1.165, 1.54) is 5.56 Å². The molecule has 1 N–H and O–H groups in total. The zero-order chi connectivity index (χ0) is 19.3. The van der Waals surface area contributed by atoms with Gasteiger partial charge in [-0.1, -0.05) is 18.6 Å². The minimum Gasteiger partial charge on any atom is -0.497 e. The Morgan fingerprint density at radius 3 is 2.82 bits per heavy atom. The minimum atomic E-state index is -0.126. The lowest BCUT2D eigenvalue weighted by atomic mass is 9.98. The number of piperidine rings is 1. The monoisotopic (exact) mass is 376 g/mol. The van der Waals surface area contributed by atoms with Crippen molar-refractivity contribution in [3.8, 4) is 17.1 Å². The molecule has 1 fully saturated rings. The van der Waals surface area contributed by atoms with Gasteiger partial charge in [0.1, 0.15) is 11.6 Å². The number of nitrogens with one attached hydrogen (secondary N) is 1. The molecule has 6 heteroatoms. The van der Waals surface area contributed by atoms with E-state index in [0.29, 0.717) is 5.82 Å². The van der Waals surface area contributed by atoms with Gasteiger partial charge in [-0.05, 0) is 49.2 Å². The number of ether oxygens (including phenoxy) is 1. The van der Waals surface area contributed by atoms with E-state index >= 15 is 0 Å². The van der Waals surface area contributed by atoms with E-state index in [-0.39, 0.29) is 11.6 Å². The standard InChI is InChI=1S/C22H24N4O2/c1-28-18-9-7-16(8-10-18)15-26-12-3-2-6-20(26)19-13-21(27)25-22(24-19)17-5-4-11-23-14-17/h4-5,7-11,13-14,20H,2-3,6,12,15H2,1H3,(H,24,25,27)/t20-/m0/s1. The number of aromatic nitrogens is 3. The molecule has 28 heavy (non-hydrogen) atoms. The maximum absolute atomic E-state index is 12.3. The number of hydrogen-bond donors (Lipinski definition) is 1. The molecule has 0 unspecified atom stereocenters. The van der Waals surface area contributed by atoms with E-state index in [9.17, 15) is 4.79 Å². The summed E-state index contributed by atoms with van der Waals surface area (Å²) in [6.45, 7) is 1.82. The smallest absolute Gasteiger partial charge is 0.251 e. The maximum Gasteiger partial charge on any atom is 0.251 e. The Kier molecular flexibility index (Phi) is 5.48. The van der Waals surface area contributed by atoms with Crippen molar-refractivity contribution in [3.05, 3.63) is 76.5 Å². The average molecular weight is 376 g/mol. The lowest BCUT2D eigenvalue weighted by Gasteiger charge is -2.35. The fraction of sp³-hybridized carbons (Fsp3) is 0.318. The van der Waals surface area contributed by atoms with Crippen molar-refractivity contribution in [2.45, 2.75) is 31.8 Å². The molecule has 4 rings (SSSR count). The number of aromatic amines is 1. The third-order valence-corrected chi connectivity index (χ3v) is 5.20. The van der Waals surface area contributed by atoms with Crippen molar-refractivity contribution >= 4 is 0 Å². The van der Waals surface area contributed by atoms with Crippen LogP contribution in [0.5, 0.6) is 5.75 Å². The molecule has 1 aliphatic heterocycles. The molecule has 0 radical (unpaired) electrons. The average Bonchev–Trinajstić information content (AvgIpc) is 2.75. The zero-order valence-corrected chi connectivity index (χ0v) is 16.0. The maximum atomic E-state index is 12.3. The van der Waals surface area contributed by atoms with Crippen molar-refractivity contribution < 1.29 is 4.74 Å². The first-order valence-electron chi connectivity index (χ1n) is 9.61. The van der Waals surface area contributed by atoms with Gasteiger partial charge in [0.05, 0.1) is 18.8 Å². The van der Waals surface area contributed by atoms with Gasteiger partial charge in [-0.3, -0.25) is 14.7 Å². The topological polar surface area (TPSA) is 71.1 Å². The van der Waals surface area contributed by atoms with Crippen LogP contribution in [0.2, 0.25) is 0 Å². The fourth-order valence-electron chi connectivity index (χ4n) is 3.77. The molecule has 1 atom stereocenters. The Morgan fingerprint density at radius 1 is 1.21 bits per heavy atom. The normalized spacial score (nSPS) is 17.4. The highest BCUT2D eigenvalue weighted by molar-refractivity contribution is 5.52. The quantitative estimate of drug-likeness (QED) is 0.737. The number of pyridine rings is 1. The molecular formula is C22H24N4O2. The lowest BCUT2D eigenvalue weighted by molar-refractivity contribution is 0.137. The molecule has 3 heterocycles. The highest BCUT2D eigenvalue weighted by atomic mass is 16.5. The SMILES string of the molecule is COc1ccc(CN2CCCC[C@H]2c2cc(=O)[nH]c(-c3cccnc3)n2)cc1. The van der Waals surface area contributed by atoms with Crippen molar-refractivity contribution in [1.82, 2.24) is 19.9 Å². The Bertz CT molecular complexity index is 970. The third kappa shape index (κ3) is 4.12. The van der Waals surface area contributed by atoms with Crippen molar-refractivity contribution in [2.75, 3.05) is 13.7 Å². The van der Waals surface area contributed by atoms with Crippen molar-refractivity contribution in [2.24, 2.45) is 0 Å². The van der Waals surface area contributed by atoms with E-state index in [1.54, 1.807) is 25.6 Å². The van der Waals surface area contributed by atoms with E-state index in [0.717, 1.165) is 49.4 Å². The van der Waals surface area contributed by atoms with Gasteiger partial charge in [0.2, 0.25) is 0 Å². The predicted octanol–water partition coefficient (Wildman–Crippen LogP) is 3.57. The van der Waals surface area contributed by atoms with Crippen LogP contribution >= 0.6 is 0 Å². The summed E-state index contributed by atoms with van der Waals surface area (Å²) in [6.07, 6.45) is 6.73. The first-order valence-corrected chi connectivity index (χ1v) is 9.61. The van der Waals surface area contributed by atoms with Crippen LogP contribution in [0.25, 0.3) is 11.4 Å². The second-order valence-electron chi connectivity index (χ2n) is 7.09. The fourth-order valence-corrected chi connectivity index (χ4v) is 3.77. The van der Waals surface area contributed by atoms with Crippen LogP contribution < -0.4 is 10.3 Å². The molecule has 2 aromatic heterocycles. The van der Waals surface area contributed by atoms with Crippen LogP contribution in [0.1, 0.15) is 36.6 Å². The number of nitrogens with zero attached hydrogens (tertiary/aromatic N) is 3. The summed E-state index contributed by atoms with van der Waals surface area (Å²) in [5.41, 5.74) is 2.75. The summed E-state index contributed by atoms with van der Waals surface area (Å²) in [7, 11) is 1.67. The van der Waals surface area contributed by atoms with Crippen molar-refractivity contribution in [3.63, 3.8) is 0 Å². The highest BCUT2D eigenvalue weighted by Crippen LogP contribution is 2.31. The number of hydrogen-bond acceptors (Lipinski definition) is 5. The van der Waals surface area contributed by atoms with E-state index in [2.05, 4.69) is 27.0 Å². The highest BCUT2D eigenvalue weighted by Gasteiger charge is 2.26. The second kappa shape index (κ2) is 8.35. The number of methoxy groups -OCH3 is 1. The third-order valence-electron chi connectivity index (χ3n) is 5.20. The van der Waals surface area contributed by atoms with E-state index < -0.39 is 0 Å². The number of benzene rings is 1. The van der Waals surface area contributed by atoms with Gasteiger partial charge in [0.25, 0.3) is 5.56 Å². The van der Waals surface area contributed by atoms with Crippen LogP contribution in [-0.4, -0.2) is 33.5 Å². The first-order chi connectivity index (χ1) is 13.7. The van der Waals surface area contributed by atoms with Gasteiger partial charge in [-0.15, -0.1) is 0 Å². The molecule has 0 bridgehead atoms. The van der Waals surface area contributed by atoms with Gasteiger partial charge >= 0.3 is 0 Å². The van der Waals surface area contributed by atoms with E-state index in [4.69, 9.17) is 9.72 Å². The molecule has 0 saturated carbocycles. The van der Waals surface area contributed by atoms with Crippen LogP contribution in [0, 0.1) is 0 Å². The minimum absolute atomic E-state index is 0.126. The molecular weight excluding hydrogens is 352 g/mol. The number of likely N-dealkylation sites (tertiary alicyclic amines) is 1. The summed E-state index contributed by atoms with van der Waals surface area (Å²) in [4.78, 5) is 26.5. The summed E-state index contributed by atoms with van der Waals surface area (Å²) in [5, 5.41) is 0. The summed E-state index contributed by atoms with van der Waals surface area (Å²) in [6, 6.07) is 13.7. The Morgan fingerprint density at radius 2 is 2.07 bits per heavy atom. The van der Waals surface area contributed by atoms with Gasteiger partial charge < -0.3 is 9.72 Å².